The molecule has 20 heavy (non-hydrogen) atoms. The third-order valence-corrected chi connectivity index (χ3v) is 5.05. The van der Waals surface area contributed by atoms with Gasteiger partial charge in [-0.3, -0.25) is 0 Å². The van der Waals surface area contributed by atoms with Crippen LogP contribution in [0.5, 0.6) is 0 Å². The van der Waals surface area contributed by atoms with E-state index in [9.17, 15) is 5.26 Å². The molecular weight excluding hydrogens is 266 g/mol. The van der Waals surface area contributed by atoms with Crippen LogP contribution in [0, 0.1) is 11.3 Å². The number of thioether (sulfide) groups is 1. The number of nitrogens with zero attached hydrogens (tertiary/aromatic N) is 3. The van der Waals surface area contributed by atoms with Crippen molar-refractivity contribution in [3.63, 3.8) is 0 Å². The number of anilines is 1. The van der Waals surface area contributed by atoms with E-state index in [2.05, 4.69) is 42.0 Å². The lowest BCUT2D eigenvalue weighted by molar-refractivity contribution is 0.221. The molecule has 1 fully saturated rings. The maximum Gasteiger partial charge on any atom is 0.103 e. The lowest BCUT2D eigenvalue weighted by atomic mass is 10.0. The molecule has 0 bridgehead atoms. The van der Waals surface area contributed by atoms with Crippen molar-refractivity contribution >= 4 is 17.4 Å². The summed E-state index contributed by atoms with van der Waals surface area (Å²) >= 11 is 1.64. The van der Waals surface area contributed by atoms with Gasteiger partial charge < -0.3 is 9.80 Å². The average Bonchev–Trinajstić information content (AvgIpc) is 2.53. The molecule has 1 saturated heterocycles. The van der Waals surface area contributed by atoms with E-state index >= 15 is 0 Å². The van der Waals surface area contributed by atoms with Gasteiger partial charge in [-0.1, -0.05) is 13.0 Å². The summed E-state index contributed by atoms with van der Waals surface area (Å²) < 4.78 is 0. The number of nitriles is 1. The molecule has 0 aliphatic carbocycles. The van der Waals surface area contributed by atoms with Crippen LogP contribution in [0.25, 0.3) is 0 Å². The highest BCUT2D eigenvalue weighted by Crippen LogP contribution is 2.31. The van der Waals surface area contributed by atoms with Crippen molar-refractivity contribution in [2.75, 3.05) is 37.8 Å². The maximum absolute atomic E-state index is 9.46. The van der Waals surface area contributed by atoms with Crippen molar-refractivity contribution in [1.29, 1.82) is 5.26 Å². The summed E-state index contributed by atoms with van der Waals surface area (Å²) in [7, 11) is 2.13. The van der Waals surface area contributed by atoms with Gasteiger partial charge in [-0.2, -0.15) is 5.26 Å². The van der Waals surface area contributed by atoms with Crippen LogP contribution < -0.4 is 4.90 Å². The maximum atomic E-state index is 9.46. The van der Waals surface area contributed by atoms with E-state index in [1.807, 2.05) is 12.3 Å². The van der Waals surface area contributed by atoms with Gasteiger partial charge in [-0.25, -0.2) is 0 Å². The molecule has 0 N–H and O–H groups in total. The van der Waals surface area contributed by atoms with Gasteiger partial charge in [0.25, 0.3) is 0 Å². The highest BCUT2D eigenvalue weighted by atomic mass is 32.2. The van der Waals surface area contributed by atoms with Crippen molar-refractivity contribution in [3.8, 4) is 6.07 Å². The number of rotatable bonds is 4. The summed E-state index contributed by atoms with van der Waals surface area (Å²) in [5.74, 6) is 0. The van der Waals surface area contributed by atoms with E-state index in [4.69, 9.17) is 0 Å². The van der Waals surface area contributed by atoms with Crippen LogP contribution in [0.4, 0.5) is 5.69 Å². The second kappa shape index (κ2) is 7.01. The summed E-state index contributed by atoms with van der Waals surface area (Å²) in [5.41, 5.74) is 1.90. The molecular formula is C16H23N3S. The average molecular weight is 289 g/mol. The first-order valence-electron chi connectivity index (χ1n) is 7.23. The van der Waals surface area contributed by atoms with E-state index in [-0.39, 0.29) is 0 Å². The first-order chi connectivity index (χ1) is 9.71. The first kappa shape index (κ1) is 15.2. The Balaban J connectivity index is 2.18. The van der Waals surface area contributed by atoms with Crippen molar-refractivity contribution in [3.05, 3.63) is 23.8 Å². The molecule has 0 aromatic heterocycles. The molecule has 0 unspecified atom stereocenters. The zero-order valence-electron chi connectivity index (χ0n) is 12.6. The topological polar surface area (TPSA) is 30.3 Å². The van der Waals surface area contributed by atoms with Gasteiger partial charge in [-0.05, 0) is 37.8 Å². The molecule has 0 saturated carbocycles. The Morgan fingerprint density at radius 1 is 1.40 bits per heavy atom. The van der Waals surface area contributed by atoms with Crippen LogP contribution >= 0.6 is 11.8 Å². The molecule has 1 heterocycles. The lowest BCUT2D eigenvalue weighted by Crippen LogP contribution is -2.43. The van der Waals surface area contributed by atoms with Crippen LogP contribution in [0.3, 0.4) is 0 Å². The fourth-order valence-electron chi connectivity index (χ4n) is 2.92. The largest absolute Gasteiger partial charge is 0.370 e. The monoisotopic (exact) mass is 289 g/mol. The smallest absolute Gasteiger partial charge is 0.103 e. The molecule has 2 rings (SSSR count). The summed E-state index contributed by atoms with van der Waals surface area (Å²) in [5, 5.41) is 9.46. The Labute approximate surface area is 126 Å². The zero-order chi connectivity index (χ0) is 14.5. The summed E-state index contributed by atoms with van der Waals surface area (Å²) in [4.78, 5) is 5.88. The molecule has 0 spiro atoms. The second-order valence-corrected chi connectivity index (χ2v) is 6.09. The standard InChI is InChI=1S/C16H23N3S/c1-4-19-10-8-13(9-11-19)18(2)15-6-5-7-16(20-3)14(15)12-17/h5-7,13H,4,8-11H2,1-3H3. The van der Waals surface area contributed by atoms with Gasteiger partial charge in [0.15, 0.2) is 0 Å². The molecule has 0 atom stereocenters. The van der Waals surface area contributed by atoms with Gasteiger partial charge in [0.05, 0.1) is 11.3 Å². The number of benzene rings is 1. The minimum Gasteiger partial charge on any atom is -0.370 e. The normalized spacial score (nSPS) is 16.9. The van der Waals surface area contributed by atoms with Crippen LogP contribution in [0.1, 0.15) is 25.3 Å². The molecule has 0 radical (unpaired) electrons. The SMILES string of the molecule is CCN1CCC(N(C)c2cccc(SC)c2C#N)CC1. The fraction of sp³-hybridized carbons (Fsp3) is 0.562. The highest BCUT2D eigenvalue weighted by Gasteiger charge is 2.23. The third-order valence-electron chi connectivity index (χ3n) is 4.27. The van der Waals surface area contributed by atoms with Crippen molar-refractivity contribution in [2.24, 2.45) is 0 Å². The van der Waals surface area contributed by atoms with Crippen LogP contribution in [-0.2, 0) is 0 Å². The molecule has 3 nitrogen and oxygen atoms in total. The molecule has 1 aliphatic heterocycles. The van der Waals surface area contributed by atoms with Gasteiger partial charge >= 0.3 is 0 Å². The zero-order valence-corrected chi connectivity index (χ0v) is 13.4. The Morgan fingerprint density at radius 2 is 2.10 bits per heavy atom. The van der Waals surface area contributed by atoms with Crippen LogP contribution in [-0.4, -0.2) is 43.9 Å². The molecule has 108 valence electrons. The van der Waals surface area contributed by atoms with Crippen LogP contribution in [0.15, 0.2) is 23.1 Å². The van der Waals surface area contributed by atoms with E-state index in [1.165, 1.54) is 12.8 Å². The number of hydrogen-bond acceptors (Lipinski definition) is 4. The second-order valence-electron chi connectivity index (χ2n) is 5.24. The van der Waals surface area contributed by atoms with Gasteiger partial charge in [0, 0.05) is 31.1 Å². The Bertz CT molecular complexity index is 487. The molecule has 1 aliphatic rings. The minimum absolute atomic E-state index is 0.544. The predicted octanol–water partition coefficient (Wildman–Crippen LogP) is 3.20. The van der Waals surface area contributed by atoms with Crippen LogP contribution in [0.2, 0.25) is 0 Å². The van der Waals surface area contributed by atoms with Crippen molar-refractivity contribution < 1.29 is 0 Å². The molecule has 1 aromatic carbocycles. The van der Waals surface area contributed by atoms with E-state index in [0.29, 0.717) is 6.04 Å². The van der Waals surface area contributed by atoms with Crippen molar-refractivity contribution in [1.82, 2.24) is 4.90 Å². The van der Waals surface area contributed by atoms with E-state index < -0.39 is 0 Å². The predicted molar refractivity (Wildman–Crippen MR) is 86.5 cm³/mol. The highest BCUT2D eigenvalue weighted by molar-refractivity contribution is 7.98. The lowest BCUT2D eigenvalue weighted by Gasteiger charge is -2.37. The Hall–Kier alpha value is -1.18. The van der Waals surface area contributed by atoms with E-state index in [1.54, 1.807) is 11.8 Å². The molecule has 1 aromatic rings. The Kier molecular flexibility index (Phi) is 5.33. The summed E-state index contributed by atoms with van der Waals surface area (Å²) in [6.45, 7) is 5.69. The van der Waals surface area contributed by atoms with Gasteiger partial charge in [0.1, 0.15) is 6.07 Å². The number of piperidine rings is 1. The third kappa shape index (κ3) is 3.11. The Morgan fingerprint density at radius 3 is 2.65 bits per heavy atom. The quantitative estimate of drug-likeness (QED) is 0.796. The summed E-state index contributed by atoms with van der Waals surface area (Å²) in [6.07, 6.45) is 4.39. The van der Waals surface area contributed by atoms with E-state index in [0.717, 1.165) is 35.8 Å². The molecule has 4 heteroatoms. The van der Waals surface area contributed by atoms with Crippen molar-refractivity contribution in [2.45, 2.75) is 30.7 Å². The van der Waals surface area contributed by atoms with Gasteiger partial charge in [-0.15, -0.1) is 11.8 Å². The minimum atomic E-state index is 0.544. The number of likely N-dealkylation sites (tertiary alicyclic amines) is 1. The first-order valence-corrected chi connectivity index (χ1v) is 8.46. The molecule has 0 amide bonds. The van der Waals surface area contributed by atoms with Gasteiger partial charge in [0.2, 0.25) is 0 Å². The summed E-state index contributed by atoms with van der Waals surface area (Å²) in [6, 6.07) is 9.08. The number of hydrogen-bond donors (Lipinski definition) is 0. The fourth-order valence-corrected chi connectivity index (χ4v) is 3.48.